The lowest BCUT2D eigenvalue weighted by Crippen LogP contribution is -2.23. The monoisotopic (exact) mass is 327 g/mol. The van der Waals surface area contributed by atoms with Crippen LogP contribution in [0.15, 0.2) is 42.5 Å². The third-order valence-electron chi connectivity index (χ3n) is 3.62. The number of hydrogen-bond acceptors (Lipinski definition) is 4. The van der Waals surface area contributed by atoms with E-state index >= 15 is 0 Å². The van der Waals surface area contributed by atoms with E-state index in [-0.39, 0.29) is 17.4 Å². The van der Waals surface area contributed by atoms with Gasteiger partial charge in [0.05, 0.1) is 7.11 Å². The second-order valence-electron chi connectivity index (χ2n) is 5.43. The van der Waals surface area contributed by atoms with Gasteiger partial charge in [-0.3, -0.25) is 4.79 Å². The third kappa shape index (κ3) is 4.78. The summed E-state index contributed by atoms with van der Waals surface area (Å²) in [5.41, 5.74) is 2.55. The number of nitrogens with one attached hydrogen (secondary N) is 1. The van der Waals surface area contributed by atoms with E-state index in [9.17, 15) is 15.0 Å². The standard InChI is InChI=1S/C19H21NO4/c1-13-3-4-15(11-17(13)22)9-10-20-19(23)8-6-14-5-7-16(21)18(12-14)24-2/h3-8,11-12,21-22H,9-10H2,1-2H3,(H,20,23)/b8-6+. The fourth-order valence-corrected chi connectivity index (χ4v) is 2.17. The van der Waals surface area contributed by atoms with Crippen LogP contribution in [0.1, 0.15) is 16.7 Å². The predicted molar refractivity (Wildman–Crippen MR) is 93.3 cm³/mol. The van der Waals surface area contributed by atoms with Gasteiger partial charge in [0.1, 0.15) is 5.75 Å². The lowest BCUT2D eigenvalue weighted by Gasteiger charge is -2.05. The summed E-state index contributed by atoms with van der Waals surface area (Å²) in [6.45, 7) is 2.31. The maximum absolute atomic E-state index is 11.8. The molecule has 5 nitrogen and oxygen atoms in total. The highest BCUT2D eigenvalue weighted by Gasteiger charge is 2.02. The van der Waals surface area contributed by atoms with E-state index in [2.05, 4.69) is 5.32 Å². The SMILES string of the molecule is COc1cc(/C=C/C(=O)NCCc2ccc(C)c(O)c2)ccc1O. The summed E-state index contributed by atoms with van der Waals surface area (Å²) in [5.74, 6) is 0.468. The van der Waals surface area contributed by atoms with E-state index in [1.54, 1.807) is 24.3 Å². The maximum atomic E-state index is 11.8. The van der Waals surface area contributed by atoms with Crippen LogP contribution >= 0.6 is 0 Å². The highest BCUT2D eigenvalue weighted by molar-refractivity contribution is 5.91. The van der Waals surface area contributed by atoms with Crippen LogP contribution in [0.4, 0.5) is 0 Å². The largest absolute Gasteiger partial charge is 0.508 e. The number of phenols is 2. The van der Waals surface area contributed by atoms with E-state index in [0.717, 1.165) is 16.7 Å². The molecule has 126 valence electrons. The first-order chi connectivity index (χ1) is 11.5. The maximum Gasteiger partial charge on any atom is 0.244 e. The third-order valence-corrected chi connectivity index (χ3v) is 3.62. The summed E-state index contributed by atoms with van der Waals surface area (Å²) in [7, 11) is 1.47. The Morgan fingerprint density at radius 2 is 1.96 bits per heavy atom. The highest BCUT2D eigenvalue weighted by Crippen LogP contribution is 2.26. The van der Waals surface area contributed by atoms with Crippen LogP contribution in [0.25, 0.3) is 6.08 Å². The molecule has 24 heavy (non-hydrogen) atoms. The first-order valence-corrected chi connectivity index (χ1v) is 7.61. The summed E-state index contributed by atoms with van der Waals surface area (Å²) in [6.07, 6.45) is 3.72. The fourth-order valence-electron chi connectivity index (χ4n) is 2.17. The normalized spacial score (nSPS) is 10.8. The topological polar surface area (TPSA) is 78.8 Å². The molecule has 1 amide bonds. The van der Waals surface area contributed by atoms with Crippen LogP contribution in [0.3, 0.4) is 0 Å². The minimum absolute atomic E-state index is 0.0560. The zero-order chi connectivity index (χ0) is 17.5. The number of aryl methyl sites for hydroxylation is 1. The van der Waals surface area contributed by atoms with Gasteiger partial charge in [0.25, 0.3) is 0 Å². The lowest BCUT2D eigenvalue weighted by atomic mass is 10.1. The molecule has 0 radical (unpaired) electrons. The van der Waals surface area contributed by atoms with Crippen LogP contribution in [-0.2, 0) is 11.2 Å². The lowest BCUT2D eigenvalue weighted by molar-refractivity contribution is -0.116. The average molecular weight is 327 g/mol. The van der Waals surface area contributed by atoms with Crippen molar-refractivity contribution >= 4 is 12.0 Å². The van der Waals surface area contributed by atoms with E-state index in [1.165, 1.54) is 19.3 Å². The van der Waals surface area contributed by atoms with E-state index in [0.29, 0.717) is 18.7 Å². The number of methoxy groups -OCH3 is 1. The Morgan fingerprint density at radius 1 is 1.17 bits per heavy atom. The van der Waals surface area contributed by atoms with Crippen molar-refractivity contribution in [3.8, 4) is 17.2 Å². The van der Waals surface area contributed by atoms with Crippen molar-refractivity contribution in [3.63, 3.8) is 0 Å². The van der Waals surface area contributed by atoms with E-state index < -0.39 is 0 Å². The smallest absolute Gasteiger partial charge is 0.244 e. The van der Waals surface area contributed by atoms with Gasteiger partial charge in [-0.15, -0.1) is 0 Å². The van der Waals surface area contributed by atoms with Crippen LogP contribution in [0, 0.1) is 6.92 Å². The number of carbonyl (C=O) groups excluding carboxylic acids is 1. The van der Waals surface area contributed by atoms with E-state index in [1.807, 2.05) is 19.1 Å². The predicted octanol–water partition coefficient (Wildman–Crippen LogP) is 2.79. The molecule has 5 heteroatoms. The number of ether oxygens (including phenoxy) is 1. The van der Waals surface area contributed by atoms with Gasteiger partial charge < -0.3 is 20.3 Å². The minimum atomic E-state index is -0.210. The fraction of sp³-hybridized carbons (Fsp3) is 0.211. The molecule has 0 aromatic heterocycles. The van der Waals surface area contributed by atoms with Crippen molar-refractivity contribution in [2.75, 3.05) is 13.7 Å². The number of phenolic OH excluding ortho intramolecular Hbond substituents is 2. The minimum Gasteiger partial charge on any atom is -0.508 e. The van der Waals surface area contributed by atoms with Gasteiger partial charge in [-0.2, -0.15) is 0 Å². The molecule has 0 bridgehead atoms. The summed E-state index contributed by atoms with van der Waals surface area (Å²) < 4.78 is 5.02. The van der Waals surface area contributed by atoms with Crippen LogP contribution < -0.4 is 10.1 Å². The molecular formula is C19H21NO4. The van der Waals surface area contributed by atoms with Gasteiger partial charge >= 0.3 is 0 Å². The molecule has 0 aliphatic rings. The molecule has 3 N–H and O–H groups in total. The molecule has 0 fully saturated rings. The Bertz CT molecular complexity index is 753. The number of rotatable bonds is 6. The van der Waals surface area contributed by atoms with Gasteiger partial charge in [0, 0.05) is 12.6 Å². The molecule has 2 aromatic rings. The second-order valence-corrected chi connectivity index (χ2v) is 5.43. The zero-order valence-electron chi connectivity index (χ0n) is 13.7. The first-order valence-electron chi connectivity index (χ1n) is 7.61. The number of benzene rings is 2. The van der Waals surface area contributed by atoms with Crippen molar-refractivity contribution < 1.29 is 19.7 Å². The van der Waals surface area contributed by atoms with Crippen molar-refractivity contribution in [2.24, 2.45) is 0 Å². The summed E-state index contributed by atoms with van der Waals surface area (Å²) in [6, 6.07) is 10.3. The Balaban J connectivity index is 1.85. The molecule has 0 atom stereocenters. The number of aromatic hydroxyl groups is 2. The Kier molecular flexibility index (Phi) is 5.84. The Hall–Kier alpha value is -2.95. The number of carbonyl (C=O) groups is 1. The van der Waals surface area contributed by atoms with E-state index in [4.69, 9.17) is 4.74 Å². The Morgan fingerprint density at radius 3 is 2.67 bits per heavy atom. The Labute approximate surface area is 141 Å². The molecule has 2 rings (SSSR count). The van der Waals surface area contributed by atoms with Gasteiger partial charge in [-0.05, 0) is 54.3 Å². The van der Waals surface area contributed by atoms with Gasteiger partial charge in [-0.1, -0.05) is 18.2 Å². The molecular weight excluding hydrogens is 306 g/mol. The van der Waals surface area contributed by atoms with Gasteiger partial charge in [-0.25, -0.2) is 0 Å². The second kappa shape index (κ2) is 8.06. The van der Waals surface area contributed by atoms with Crippen molar-refractivity contribution in [3.05, 3.63) is 59.2 Å². The highest BCUT2D eigenvalue weighted by atomic mass is 16.5. The summed E-state index contributed by atoms with van der Waals surface area (Å²) in [4.78, 5) is 11.8. The molecule has 0 saturated heterocycles. The molecule has 2 aromatic carbocycles. The summed E-state index contributed by atoms with van der Waals surface area (Å²) in [5, 5.41) is 22.0. The van der Waals surface area contributed by atoms with Gasteiger partial charge in [0.2, 0.25) is 5.91 Å². The average Bonchev–Trinajstić information content (AvgIpc) is 2.57. The molecule has 0 unspecified atom stereocenters. The zero-order valence-corrected chi connectivity index (χ0v) is 13.7. The van der Waals surface area contributed by atoms with Crippen LogP contribution in [0.5, 0.6) is 17.2 Å². The molecule has 0 aliphatic heterocycles. The van der Waals surface area contributed by atoms with Crippen molar-refractivity contribution in [2.45, 2.75) is 13.3 Å². The summed E-state index contributed by atoms with van der Waals surface area (Å²) >= 11 is 0. The number of amides is 1. The molecule has 0 spiro atoms. The molecule has 0 aliphatic carbocycles. The number of hydrogen-bond donors (Lipinski definition) is 3. The molecule has 0 saturated carbocycles. The van der Waals surface area contributed by atoms with Crippen LogP contribution in [-0.4, -0.2) is 29.8 Å². The van der Waals surface area contributed by atoms with Gasteiger partial charge in [0.15, 0.2) is 11.5 Å². The quantitative estimate of drug-likeness (QED) is 0.713. The van der Waals surface area contributed by atoms with Crippen molar-refractivity contribution in [1.29, 1.82) is 0 Å². The molecule has 0 heterocycles. The van der Waals surface area contributed by atoms with Crippen LogP contribution in [0.2, 0.25) is 0 Å². The first kappa shape index (κ1) is 17.4. The van der Waals surface area contributed by atoms with Crippen molar-refractivity contribution in [1.82, 2.24) is 5.32 Å².